The van der Waals surface area contributed by atoms with Crippen LogP contribution in [0.1, 0.15) is 12.5 Å². The van der Waals surface area contributed by atoms with Crippen molar-refractivity contribution < 1.29 is 9.57 Å². The summed E-state index contributed by atoms with van der Waals surface area (Å²) in [6.45, 7) is 2.43. The number of aromatic nitrogens is 2. The van der Waals surface area contributed by atoms with Crippen molar-refractivity contribution in [2.24, 2.45) is 5.16 Å². The molecule has 0 amide bonds. The van der Waals surface area contributed by atoms with Crippen LogP contribution in [0, 0.1) is 0 Å². The molecule has 122 valence electrons. The molecule has 5 heteroatoms. The van der Waals surface area contributed by atoms with Crippen LogP contribution in [0.25, 0.3) is 16.9 Å². The Morgan fingerprint density at radius 3 is 2.50 bits per heavy atom. The lowest BCUT2D eigenvalue weighted by atomic mass is 10.1. The Morgan fingerprint density at radius 2 is 1.83 bits per heavy atom. The molecule has 0 aliphatic rings. The number of rotatable bonds is 6. The van der Waals surface area contributed by atoms with Gasteiger partial charge in [-0.3, -0.25) is 0 Å². The lowest BCUT2D eigenvalue weighted by molar-refractivity contribution is 0.160. The molecule has 0 aliphatic heterocycles. The number of oxime groups is 1. The minimum absolute atomic E-state index is 0.529. The first-order chi connectivity index (χ1) is 11.8. The van der Waals surface area contributed by atoms with E-state index in [1.807, 2.05) is 72.4 Å². The zero-order valence-corrected chi connectivity index (χ0v) is 13.7. The molecule has 0 bridgehead atoms. The summed E-state index contributed by atoms with van der Waals surface area (Å²) >= 11 is 0. The van der Waals surface area contributed by atoms with E-state index in [0.29, 0.717) is 6.61 Å². The van der Waals surface area contributed by atoms with Crippen LogP contribution in [0.5, 0.6) is 5.75 Å². The number of benzene rings is 2. The van der Waals surface area contributed by atoms with Gasteiger partial charge in [-0.05, 0) is 43.3 Å². The topological polar surface area (TPSA) is 48.6 Å². The Hall–Kier alpha value is -3.08. The number of ether oxygens (including phenoxy) is 1. The van der Waals surface area contributed by atoms with E-state index in [4.69, 9.17) is 14.7 Å². The minimum Gasteiger partial charge on any atom is -0.497 e. The predicted octanol–water partition coefficient (Wildman–Crippen LogP) is 3.92. The second-order valence-electron chi connectivity index (χ2n) is 5.09. The highest BCUT2D eigenvalue weighted by molar-refractivity contribution is 5.88. The second kappa shape index (κ2) is 7.46. The Labute approximate surface area is 141 Å². The number of methoxy groups -OCH3 is 1. The first-order valence-corrected chi connectivity index (χ1v) is 7.76. The van der Waals surface area contributed by atoms with Crippen molar-refractivity contribution >= 4 is 6.21 Å². The highest BCUT2D eigenvalue weighted by Gasteiger charge is 2.11. The van der Waals surface area contributed by atoms with Gasteiger partial charge >= 0.3 is 0 Å². The van der Waals surface area contributed by atoms with E-state index in [-0.39, 0.29) is 0 Å². The molecule has 24 heavy (non-hydrogen) atoms. The van der Waals surface area contributed by atoms with Gasteiger partial charge in [0.1, 0.15) is 18.1 Å². The van der Waals surface area contributed by atoms with Crippen LogP contribution in [0.15, 0.2) is 65.9 Å². The Bertz CT molecular complexity index is 808. The maximum absolute atomic E-state index is 5.22. The van der Waals surface area contributed by atoms with Crippen molar-refractivity contribution in [1.82, 2.24) is 9.78 Å². The number of hydrogen-bond acceptors (Lipinski definition) is 4. The van der Waals surface area contributed by atoms with Crippen LogP contribution >= 0.6 is 0 Å². The summed E-state index contributed by atoms with van der Waals surface area (Å²) in [4.78, 5) is 5.09. The van der Waals surface area contributed by atoms with E-state index in [2.05, 4.69) is 5.16 Å². The molecule has 3 rings (SSSR count). The molecule has 1 heterocycles. The van der Waals surface area contributed by atoms with Gasteiger partial charge in [0.15, 0.2) is 0 Å². The molecule has 0 saturated carbocycles. The molecule has 2 aromatic carbocycles. The third-order valence-corrected chi connectivity index (χ3v) is 3.52. The Kier molecular flexibility index (Phi) is 4.91. The van der Waals surface area contributed by atoms with Gasteiger partial charge < -0.3 is 9.57 Å². The highest BCUT2D eigenvalue weighted by Crippen LogP contribution is 2.25. The Balaban J connectivity index is 2.03. The molecule has 0 atom stereocenters. The number of hydrogen-bond donors (Lipinski definition) is 0. The minimum atomic E-state index is 0.529. The number of para-hydroxylation sites is 1. The zero-order valence-electron chi connectivity index (χ0n) is 13.7. The van der Waals surface area contributed by atoms with E-state index in [1.165, 1.54) is 0 Å². The van der Waals surface area contributed by atoms with Crippen molar-refractivity contribution in [3.8, 4) is 22.7 Å². The van der Waals surface area contributed by atoms with Crippen molar-refractivity contribution in [1.29, 1.82) is 0 Å². The van der Waals surface area contributed by atoms with Crippen LogP contribution in [-0.4, -0.2) is 29.7 Å². The van der Waals surface area contributed by atoms with E-state index < -0.39 is 0 Å². The summed E-state index contributed by atoms with van der Waals surface area (Å²) in [5.41, 5.74) is 3.70. The first kappa shape index (κ1) is 15.8. The van der Waals surface area contributed by atoms with Crippen molar-refractivity contribution in [3.05, 3.63) is 66.4 Å². The zero-order chi connectivity index (χ0) is 16.8. The maximum Gasteiger partial charge on any atom is 0.118 e. The number of nitrogens with zero attached hydrogens (tertiary/aromatic N) is 3. The molecule has 0 unspecified atom stereocenters. The molecule has 0 spiro atoms. The predicted molar refractivity (Wildman–Crippen MR) is 94.8 cm³/mol. The summed E-state index contributed by atoms with van der Waals surface area (Å²) in [6, 6.07) is 17.8. The van der Waals surface area contributed by atoms with Gasteiger partial charge in [-0.25, -0.2) is 4.68 Å². The molecule has 0 aliphatic carbocycles. The van der Waals surface area contributed by atoms with E-state index in [1.54, 1.807) is 13.3 Å². The molecule has 0 fully saturated rings. The molecule has 3 aromatic rings. The van der Waals surface area contributed by atoms with E-state index in [0.717, 1.165) is 28.3 Å². The van der Waals surface area contributed by atoms with Crippen LogP contribution in [-0.2, 0) is 4.84 Å². The van der Waals surface area contributed by atoms with E-state index >= 15 is 0 Å². The largest absolute Gasteiger partial charge is 0.497 e. The summed E-state index contributed by atoms with van der Waals surface area (Å²) in [6.07, 6.45) is 3.63. The molecule has 0 saturated heterocycles. The third kappa shape index (κ3) is 3.46. The van der Waals surface area contributed by atoms with Crippen molar-refractivity contribution in [2.45, 2.75) is 6.92 Å². The molecule has 0 N–H and O–H groups in total. The van der Waals surface area contributed by atoms with E-state index in [9.17, 15) is 0 Å². The Morgan fingerprint density at radius 1 is 1.08 bits per heavy atom. The monoisotopic (exact) mass is 321 g/mol. The fourth-order valence-electron chi connectivity index (χ4n) is 2.34. The van der Waals surface area contributed by atoms with Crippen LogP contribution in [0.2, 0.25) is 0 Å². The van der Waals surface area contributed by atoms with Crippen LogP contribution in [0.4, 0.5) is 0 Å². The molecular formula is C19H19N3O2. The van der Waals surface area contributed by atoms with Gasteiger partial charge in [-0.15, -0.1) is 0 Å². The van der Waals surface area contributed by atoms with Gasteiger partial charge in [0.05, 0.1) is 19.0 Å². The standard InChI is InChI=1S/C19H19N3O2/c1-3-24-20-13-16-14-22(17-7-5-4-6-8-17)21-19(16)15-9-11-18(23-2)12-10-15/h4-14H,3H2,1-2H3/b20-13+. The van der Waals surface area contributed by atoms with Gasteiger partial charge in [0, 0.05) is 17.3 Å². The maximum atomic E-state index is 5.22. The average Bonchev–Trinajstić information content (AvgIpc) is 3.07. The quantitative estimate of drug-likeness (QED) is 0.511. The van der Waals surface area contributed by atoms with Crippen LogP contribution in [0.3, 0.4) is 0 Å². The molecule has 5 nitrogen and oxygen atoms in total. The third-order valence-electron chi connectivity index (χ3n) is 3.52. The van der Waals surface area contributed by atoms with Gasteiger partial charge in [0.25, 0.3) is 0 Å². The lowest BCUT2D eigenvalue weighted by Gasteiger charge is -2.02. The van der Waals surface area contributed by atoms with Crippen molar-refractivity contribution in [3.63, 3.8) is 0 Å². The van der Waals surface area contributed by atoms with Gasteiger partial charge in [-0.1, -0.05) is 23.4 Å². The lowest BCUT2D eigenvalue weighted by Crippen LogP contribution is -1.94. The molecule has 1 aromatic heterocycles. The smallest absolute Gasteiger partial charge is 0.118 e. The fourth-order valence-corrected chi connectivity index (χ4v) is 2.34. The average molecular weight is 321 g/mol. The van der Waals surface area contributed by atoms with Crippen LogP contribution < -0.4 is 4.74 Å². The first-order valence-electron chi connectivity index (χ1n) is 7.76. The van der Waals surface area contributed by atoms with Gasteiger partial charge in [0.2, 0.25) is 0 Å². The summed E-state index contributed by atoms with van der Waals surface area (Å²) < 4.78 is 7.06. The normalized spacial score (nSPS) is 10.9. The SMILES string of the molecule is CCO/N=C/c1cn(-c2ccccc2)nc1-c1ccc(OC)cc1. The van der Waals surface area contributed by atoms with Crippen molar-refractivity contribution in [2.75, 3.05) is 13.7 Å². The summed E-state index contributed by atoms with van der Waals surface area (Å²) in [5.74, 6) is 0.811. The summed E-state index contributed by atoms with van der Waals surface area (Å²) in [5, 5.41) is 8.70. The molecular weight excluding hydrogens is 302 g/mol. The van der Waals surface area contributed by atoms with Gasteiger partial charge in [-0.2, -0.15) is 5.10 Å². The molecule has 0 radical (unpaired) electrons. The highest BCUT2D eigenvalue weighted by atomic mass is 16.6. The summed E-state index contributed by atoms with van der Waals surface area (Å²) in [7, 11) is 1.65. The second-order valence-corrected chi connectivity index (χ2v) is 5.09. The fraction of sp³-hybridized carbons (Fsp3) is 0.158.